The second-order valence-corrected chi connectivity index (χ2v) is 11.4. The van der Waals surface area contributed by atoms with Crippen LogP contribution in [0.5, 0.6) is 11.5 Å². The van der Waals surface area contributed by atoms with Crippen molar-refractivity contribution in [3.63, 3.8) is 0 Å². The number of hydrogen-bond donors (Lipinski definition) is 1. The van der Waals surface area contributed by atoms with Crippen molar-refractivity contribution in [1.82, 2.24) is 15.0 Å². The van der Waals surface area contributed by atoms with E-state index in [-0.39, 0.29) is 16.3 Å². The van der Waals surface area contributed by atoms with Crippen LogP contribution in [0.3, 0.4) is 0 Å². The normalized spacial score (nSPS) is 12.9. The van der Waals surface area contributed by atoms with E-state index in [2.05, 4.69) is 15.0 Å². The molecular formula is C29H25Cl2FN4O4S. The number of thiazole rings is 1. The lowest BCUT2D eigenvalue weighted by molar-refractivity contribution is 0.167. The molecule has 2 atom stereocenters. The van der Waals surface area contributed by atoms with Crippen LogP contribution < -0.4 is 14.4 Å². The van der Waals surface area contributed by atoms with Crippen molar-refractivity contribution < 1.29 is 23.8 Å². The molecule has 3 heterocycles. The summed E-state index contributed by atoms with van der Waals surface area (Å²) in [5.74, 6) is -0.316. The maximum Gasteiger partial charge on any atom is 0.412 e. The molecule has 2 aromatic carbocycles. The molecule has 1 amide bonds. The first-order valence-electron chi connectivity index (χ1n) is 12.5. The predicted molar refractivity (Wildman–Crippen MR) is 161 cm³/mol. The highest BCUT2D eigenvalue weighted by atomic mass is 35.5. The molecule has 0 aliphatic carbocycles. The summed E-state index contributed by atoms with van der Waals surface area (Å²) in [6.07, 6.45) is 1.16. The zero-order chi connectivity index (χ0) is 29.6. The van der Waals surface area contributed by atoms with Crippen LogP contribution in [0.1, 0.15) is 25.1 Å². The second-order valence-electron chi connectivity index (χ2n) is 9.58. The molecule has 0 spiro atoms. The van der Waals surface area contributed by atoms with Gasteiger partial charge in [0.2, 0.25) is 0 Å². The summed E-state index contributed by atoms with van der Waals surface area (Å²) in [6, 6.07) is 7.91. The van der Waals surface area contributed by atoms with Gasteiger partial charge in [-0.1, -0.05) is 23.2 Å². The largest absolute Gasteiger partial charge is 0.495 e. The van der Waals surface area contributed by atoms with Gasteiger partial charge in [0.1, 0.15) is 27.4 Å². The maximum atomic E-state index is 15.5. The molecule has 0 fully saturated rings. The molecule has 12 heteroatoms. The Balaban J connectivity index is 1.50. The fraction of sp³-hybridized carbons (Fsp3) is 0.241. The van der Waals surface area contributed by atoms with Crippen LogP contribution in [0.25, 0.3) is 31.7 Å². The number of nitrogens with zero attached hydrogens (tertiary/aromatic N) is 4. The van der Waals surface area contributed by atoms with E-state index in [4.69, 9.17) is 32.7 Å². The third kappa shape index (κ3) is 5.47. The Morgan fingerprint density at radius 3 is 2.51 bits per heavy atom. The molecule has 41 heavy (non-hydrogen) atoms. The molecule has 212 valence electrons. The summed E-state index contributed by atoms with van der Waals surface area (Å²) < 4.78 is 27.3. The van der Waals surface area contributed by atoms with Crippen LogP contribution >= 0.6 is 34.5 Å². The minimum Gasteiger partial charge on any atom is -0.495 e. The monoisotopic (exact) mass is 614 g/mol. The van der Waals surface area contributed by atoms with Crippen LogP contribution in [0, 0.1) is 19.7 Å². The van der Waals surface area contributed by atoms with Gasteiger partial charge in [0.15, 0.2) is 11.6 Å². The molecular weight excluding hydrogens is 590 g/mol. The molecule has 0 radical (unpaired) electrons. The molecule has 2 unspecified atom stereocenters. The van der Waals surface area contributed by atoms with Crippen LogP contribution in [-0.2, 0) is 0 Å². The van der Waals surface area contributed by atoms with Crippen molar-refractivity contribution in [1.29, 1.82) is 0 Å². The fourth-order valence-electron chi connectivity index (χ4n) is 4.44. The maximum absolute atomic E-state index is 15.5. The lowest BCUT2D eigenvalue weighted by Crippen LogP contribution is -2.46. The van der Waals surface area contributed by atoms with Gasteiger partial charge >= 0.3 is 6.09 Å². The van der Waals surface area contributed by atoms with Crippen molar-refractivity contribution >= 4 is 67.4 Å². The number of aromatic nitrogens is 3. The number of amides is 1. The summed E-state index contributed by atoms with van der Waals surface area (Å²) >= 11 is 14.1. The number of ether oxygens (including phenoxy) is 2. The van der Waals surface area contributed by atoms with Crippen LogP contribution in [0.15, 0.2) is 42.7 Å². The Kier molecular flexibility index (Phi) is 7.91. The highest BCUT2D eigenvalue weighted by Crippen LogP contribution is 2.42. The number of carboxylic acid groups (broad SMARTS) is 1. The summed E-state index contributed by atoms with van der Waals surface area (Å²) in [7, 11) is 1.56. The van der Waals surface area contributed by atoms with Crippen molar-refractivity contribution in [2.24, 2.45) is 0 Å². The molecule has 8 nitrogen and oxygen atoms in total. The Hall–Kier alpha value is -3.73. The first-order chi connectivity index (χ1) is 19.5. The van der Waals surface area contributed by atoms with Crippen molar-refractivity contribution in [2.75, 3.05) is 12.0 Å². The van der Waals surface area contributed by atoms with Gasteiger partial charge in [-0.3, -0.25) is 14.9 Å². The van der Waals surface area contributed by atoms with Crippen LogP contribution in [0.2, 0.25) is 10.0 Å². The number of rotatable bonds is 7. The van der Waals surface area contributed by atoms with Gasteiger partial charge in [0, 0.05) is 27.7 Å². The molecule has 0 aliphatic heterocycles. The van der Waals surface area contributed by atoms with Crippen molar-refractivity contribution in [2.45, 2.75) is 39.8 Å². The van der Waals surface area contributed by atoms with E-state index < -0.39 is 24.1 Å². The minimum absolute atomic E-state index is 0.112. The molecule has 5 aromatic rings. The topological polar surface area (TPSA) is 97.7 Å². The van der Waals surface area contributed by atoms with E-state index in [1.165, 1.54) is 23.6 Å². The molecule has 0 saturated heterocycles. The highest BCUT2D eigenvalue weighted by Gasteiger charge is 2.29. The highest BCUT2D eigenvalue weighted by molar-refractivity contribution is 7.21. The molecule has 5 rings (SSSR count). The average molecular weight is 616 g/mol. The summed E-state index contributed by atoms with van der Waals surface area (Å²) in [5.41, 5.74) is 3.62. The summed E-state index contributed by atoms with van der Waals surface area (Å²) in [6.45, 7) is 7.05. The average Bonchev–Trinajstić information content (AvgIpc) is 3.36. The molecule has 1 N–H and O–H groups in total. The minimum atomic E-state index is -1.18. The Morgan fingerprint density at radius 1 is 1.07 bits per heavy atom. The zero-order valence-electron chi connectivity index (χ0n) is 22.7. The van der Waals surface area contributed by atoms with E-state index in [9.17, 15) is 9.90 Å². The number of fused-ring (bicyclic) bond motifs is 2. The van der Waals surface area contributed by atoms with Crippen LogP contribution in [-0.4, -0.2) is 45.4 Å². The van der Waals surface area contributed by atoms with Crippen LogP contribution in [0.4, 0.5) is 14.9 Å². The van der Waals surface area contributed by atoms with Crippen molar-refractivity contribution in [3.8, 4) is 22.1 Å². The van der Waals surface area contributed by atoms with E-state index in [0.717, 1.165) is 21.5 Å². The van der Waals surface area contributed by atoms with Gasteiger partial charge in [0.25, 0.3) is 0 Å². The van der Waals surface area contributed by atoms with E-state index in [1.807, 2.05) is 19.9 Å². The van der Waals surface area contributed by atoms with E-state index >= 15 is 4.39 Å². The zero-order valence-corrected chi connectivity index (χ0v) is 25.0. The number of aryl methyl sites for hydroxylation is 2. The number of benzene rings is 2. The number of anilines is 1. The number of carbonyl (C=O) groups is 1. The smallest absolute Gasteiger partial charge is 0.412 e. The fourth-order valence-corrected chi connectivity index (χ4v) is 5.98. The van der Waals surface area contributed by atoms with Gasteiger partial charge in [-0.2, -0.15) is 0 Å². The Labute approximate surface area is 249 Å². The van der Waals surface area contributed by atoms with Gasteiger partial charge in [0.05, 0.1) is 41.4 Å². The number of methoxy groups -OCH3 is 1. The first kappa shape index (κ1) is 28.8. The Bertz CT molecular complexity index is 1820. The number of halogens is 3. The molecule has 3 aromatic heterocycles. The van der Waals surface area contributed by atoms with E-state index in [0.29, 0.717) is 37.2 Å². The summed E-state index contributed by atoms with van der Waals surface area (Å²) in [5, 5.41) is 11.6. The van der Waals surface area contributed by atoms with Gasteiger partial charge in [-0.25, -0.2) is 14.2 Å². The molecule has 0 aliphatic rings. The lowest BCUT2D eigenvalue weighted by Gasteiger charge is -2.31. The quantitative estimate of drug-likeness (QED) is 0.197. The standard InChI is InChI=1S/C29H25Cl2FN4O4S/c1-13-6-19(11-33-14(13)2)36(29(37)38)15(3)16(4)40-22-10-23-27(24(31)25(22)32)35-28(41-23)21-9-18(30)7-17-8-20(39-5)12-34-26(17)21/h6-12,15-16H,1-5H3,(H,37,38). The predicted octanol–water partition coefficient (Wildman–Crippen LogP) is 8.32. The van der Waals surface area contributed by atoms with E-state index in [1.54, 1.807) is 45.4 Å². The molecule has 0 bridgehead atoms. The SMILES string of the molecule is COc1cnc2c(-c3nc4c(Cl)c(F)c(OC(C)C(C)N(C(=O)O)c5cnc(C)c(C)c5)cc4s3)cc(Cl)cc2c1. The van der Waals surface area contributed by atoms with Gasteiger partial charge < -0.3 is 14.6 Å². The molecule has 0 saturated carbocycles. The lowest BCUT2D eigenvalue weighted by atomic mass is 10.1. The number of pyridine rings is 2. The number of hydrogen-bond acceptors (Lipinski definition) is 7. The third-order valence-electron chi connectivity index (χ3n) is 6.93. The third-order valence-corrected chi connectivity index (χ3v) is 8.53. The summed E-state index contributed by atoms with van der Waals surface area (Å²) in [4.78, 5) is 26.8. The first-order valence-corrected chi connectivity index (χ1v) is 14.1. The second kappa shape index (κ2) is 11.3. The van der Waals surface area contributed by atoms with Crippen molar-refractivity contribution in [3.05, 3.63) is 69.8 Å². The Morgan fingerprint density at radius 2 is 1.83 bits per heavy atom. The van der Waals surface area contributed by atoms with Gasteiger partial charge in [-0.15, -0.1) is 11.3 Å². The van der Waals surface area contributed by atoms with Gasteiger partial charge in [-0.05, 0) is 57.5 Å².